The second kappa shape index (κ2) is 13.6. The molecular weight excluding hydrogens is 518 g/mol. The van der Waals surface area contributed by atoms with Gasteiger partial charge in [-0.2, -0.15) is 0 Å². The van der Waals surface area contributed by atoms with Crippen LogP contribution in [0.1, 0.15) is 88.0 Å². The molecule has 0 unspecified atom stereocenters. The first kappa shape index (κ1) is 35.3. The zero-order valence-electron chi connectivity index (χ0n) is 26.6. The van der Waals surface area contributed by atoms with Crippen LogP contribution in [0.2, 0.25) is 0 Å². The van der Waals surface area contributed by atoms with Crippen molar-refractivity contribution in [3.05, 3.63) is 0 Å². The SMILES string of the molecule is CC[C@H]1OC(=O)[C@H](C)[C@@H](O[C@H]2C[C@@](C)(OC)[C@@H](O)[C@H](C)O2)[C@H](C)C[C@](C)(O)C[C@@H](C)CN(C)[C@H](C)[C@@H](O)[C@]1(C)O. The van der Waals surface area contributed by atoms with Gasteiger partial charge >= 0.3 is 5.97 Å². The van der Waals surface area contributed by atoms with Gasteiger partial charge in [-0.1, -0.05) is 20.8 Å². The summed E-state index contributed by atoms with van der Waals surface area (Å²) >= 11 is 0. The molecule has 13 atom stereocenters. The fraction of sp³-hybridized carbons (Fsp3) is 0.967. The van der Waals surface area contributed by atoms with E-state index in [0.717, 1.165) is 0 Å². The molecule has 2 heterocycles. The Morgan fingerprint density at radius 1 is 1.00 bits per heavy atom. The number of hydrogen-bond acceptors (Lipinski definition) is 10. The van der Waals surface area contributed by atoms with Crippen molar-refractivity contribution in [3.63, 3.8) is 0 Å². The Morgan fingerprint density at radius 3 is 2.15 bits per heavy atom. The average Bonchev–Trinajstić information content (AvgIpc) is 2.85. The van der Waals surface area contributed by atoms with E-state index >= 15 is 0 Å². The number of cyclic esters (lactones) is 1. The van der Waals surface area contributed by atoms with Crippen molar-refractivity contribution in [3.8, 4) is 0 Å². The van der Waals surface area contributed by atoms with Gasteiger partial charge in [0.2, 0.25) is 0 Å². The monoisotopic (exact) mass is 575 g/mol. The van der Waals surface area contributed by atoms with Crippen LogP contribution in [0.25, 0.3) is 0 Å². The number of carbonyl (C=O) groups is 1. The molecule has 2 saturated heterocycles. The Balaban J connectivity index is 2.47. The maximum absolute atomic E-state index is 13.6. The first-order valence-electron chi connectivity index (χ1n) is 14.9. The molecule has 0 amide bonds. The Hall–Kier alpha value is -0.850. The van der Waals surface area contributed by atoms with Crippen LogP contribution < -0.4 is 0 Å². The Morgan fingerprint density at radius 2 is 1.60 bits per heavy atom. The summed E-state index contributed by atoms with van der Waals surface area (Å²) in [5.41, 5.74) is -3.66. The highest BCUT2D eigenvalue weighted by Crippen LogP contribution is 2.37. The number of methoxy groups -OCH3 is 1. The van der Waals surface area contributed by atoms with Crippen LogP contribution in [0.4, 0.5) is 0 Å². The van der Waals surface area contributed by atoms with Crippen molar-refractivity contribution in [2.45, 2.75) is 148 Å². The molecule has 10 nitrogen and oxygen atoms in total. The van der Waals surface area contributed by atoms with E-state index in [4.69, 9.17) is 18.9 Å². The average molecular weight is 576 g/mol. The van der Waals surface area contributed by atoms with E-state index in [1.165, 1.54) is 14.0 Å². The molecule has 0 bridgehead atoms. The van der Waals surface area contributed by atoms with Crippen molar-refractivity contribution in [1.82, 2.24) is 4.90 Å². The molecule has 4 N–H and O–H groups in total. The van der Waals surface area contributed by atoms with Gasteiger partial charge in [-0.3, -0.25) is 4.79 Å². The van der Waals surface area contributed by atoms with Gasteiger partial charge in [-0.15, -0.1) is 0 Å². The minimum atomic E-state index is -1.70. The topological polar surface area (TPSA) is 138 Å². The summed E-state index contributed by atoms with van der Waals surface area (Å²) in [6.07, 6.45) is -3.62. The number of rotatable bonds is 4. The van der Waals surface area contributed by atoms with E-state index in [-0.39, 0.29) is 18.3 Å². The first-order chi connectivity index (χ1) is 18.3. The Bertz CT molecular complexity index is 823. The minimum Gasteiger partial charge on any atom is -0.459 e. The third kappa shape index (κ3) is 8.16. The summed E-state index contributed by atoms with van der Waals surface area (Å²) in [5.74, 6) is -1.55. The molecule has 40 heavy (non-hydrogen) atoms. The van der Waals surface area contributed by atoms with Crippen LogP contribution in [-0.2, 0) is 23.7 Å². The zero-order chi connectivity index (χ0) is 30.8. The number of nitrogens with zero attached hydrogens (tertiary/aromatic N) is 1. The van der Waals surface area contributed by atoms with E-state index < -0.39 is 71.5 Å². The van der Waals surface area contributed by atoms with E-state index in [1.54, 1.807) is 34.6 Å². The molecule has 0 spiro atoms. The van der Waals surface area contributed by atoms with Crippen LogP contribution in [0.3, 0.4) is 0 Å². The van der Waals surface area contributed by atoms with E-state index in [1.807, 2.05) is 25.8 Å². The molecule has 236 valence electrons. The predicted octanol–water partition coefficient (Wildman–Crippen LogP) is 2.48. The van der Waals surface area contributed by atoms with Crippen molar-refractivity contribution in [2.24, 2.45) is 17.8 Å². The smallest absolute Gasteiger partial charge is 0.311 e. The maximum atomic E-state index is 13.6. The van der Waals surface area contributed by atoms with Crippen molar-refractivity contribution >= 4 is 5.97 Å². The molecule has 0 aromatic carbocycles. The van der Waals surface area contributed by atoms with Crippen molar-refractivity contribution in [1.29, 1.82) is 0 Å². The van der Waals surface area contributed by atoms with E-state index in [0.29, 0.717) is 25.8 Å². The standard InChI is InChI=1S/C30H57NO9/c1-12-22-30(9,36)25(32)20(5)31(10)16-17(2)13-28(7,35)14-18(3)24(19(4)27(34)39-22)40-23-15-29(8,37-11)26(33)21(6)38-23/h17-26,32-33,35-36H,12-16H2,1-11H3/t17-,18-,19-,20-,21+,22-,23+,24+,25-,26+,28-,29-,30-/m1/s1. The summed E-state index contributed by atoms with van der Waals surface area (Å²) in [7, 11) is 3.41. The molecule has 2 aliphatic heterocycles. The van der Waals surface area contributed by atoms with Gasteiger partial charge in [0.15, 0.2) is 6.29 Å². The van der Waals surface area contributed by atoms with Gasteiger partial charge in [-0.25, -0.2) is 0 Å². The lowest BCUT2D eigenvalue weighted by Gasteiger charge is -2.46. The summed E-state index contributed by atoms with van der Waals surface area (Å²) in [4.78, 5) is 15.6. The minimum absolute atomic E-state index is 0.0833. The Kier molecular flexibility index (Phi) is 12.0. The predicted molar refractivity (Wildman–Crippen MR) is 151 cm³/mol. The van der Waals surface area contributed by atoms with Gasteiger partial charge < -0.3 is 44.3 Å². The largest absolute Gasteiger partial charge is 0.459 e. The fourth-order valence-electron chi connectivity index (χ4n) is 6.80. The quantitative estimate of drug-likeness (QED) is 0.370. The summed E-state index contributed by atoms with van der Waals surface area (Å²) < 4.78 is 24.0. The van der Waals surface area contributed by atoms with Gasteiger partial charge in [0.05, 0.1) is 29.3 Å². The second-order valence-electron chi connectivity index (χ2n) is 13.5. The molecule has 0 aromatic rings. The lowest BCUT2D eigenvalue weighted by atomic mass is 9.80. The van der Waals surface area contributed by atoms with Gasteiger partial charge in [0.25, 0.3) is 0 Å². The van der Waals surface area contributed by atoms with Crippen molar-refractivity contribution < 1.29 is 44.2 Å². The van der Waals surface area contributed by atoms with Crippen LogP contribution in [0.5, 0.6) is 0 Å². The van der Waals surface area contributed by atoms with Crippen LogP contribution >= 0.6 is 0 Å². The van der Waals surface area contributed by atoms with Gasteiger partial charge in [0.1, 0.15) is 23.9 Å². The normalized spacial score (nSPS) is 49.1. The van der Waals surface area contributed by atoms with Gasteiger partial charge in [-0.05, 0) is 79.7 Å². The summed E-state index contributed by atoms with van der Waals surface area (Å²) in [6.45, 7) is 16.8. The molecule has 2 rings (SSSR count). The number of aliphatic hydroxyl groups is 4. The zero-order valence-corrected chi connectivity index (χ0v) is 26.6. The molecule has 10 heteroatoms. The number of aliphatic hydroxyl groups excluding tert-OH is 2. The third-order valence-corrected chi connectivity index (χ3v) is 9.39. The number of carbonyl (C=O) groups excluding carboxylic acids is 1. The highest BCUT2D eigenvalue weighted by atomic mass is 16.7. The molecule has 0 radical (unpaired) electrons. The molecule has 2 fully saturated rings. The molecular formula is C30H57NO9. The van der Waals surface area contributed by atoms with Crippen LogP contribution in [-0.4, -0.2) is 112 Å². The Labute approximate surface area is 241 Å². The lowest BCUT2D eigenvalue weighted by Crippen LogP contribution is -2.59. The van der Waals surface area contributed by atoms with Crippen LogP contribution in [0.15, 0.2) is 0 Å². The highest BCUT2D eigenvalue weighted by Gasteiger charge is 2.49. The second-order valence-corrected chi connectivity index (χ2v) is 13.5. The molecule has 0 aromatic heterocycles. The first-order valence-corrected chi connectivity index (χ1v) is 14.9. The number of ether oxygens (including phenoxy) is 4. The van der Waals surface area contributed by atoms with Gasteiger partial charge in [0, 0.05) is 26.1 Å². The number of likely N-dealkylation sites (N-methyl/N-ethyl adjacent to an activating group) is 1. The number of hydrogen-bond donors (Lipinski definition) is 4. The van der Waals surface area contributed by atoms with Crippen LogP contribution in [0, 0.1) is 17.8 Å². The summed E-state index contributed by atoms with van der Waals surface area (Å²) in [5, 5.41) is 44.8. The maximum Gasteiger partial charge on any atom is 0.311 e. The van der Waals surface area contributed by atoms with E-state index in [2.05, 4.69) is 6.92 Å². The molecule has 2 aliphatic rings. The fourth-order valence-corrected chi connectivity index (χ4v) is 6.80. The van der Waals surface area contributed by atoms with E-state index in [9.17, 15) is 25.2 Å². The highest BCUT2D eigenvalue weighted by molar-refractivity contribution is 5.73. The molecule has 0 saturated carbocycles. The number of esters is 1. The van der Waals surface area contributed by atoms with Crippen molar-refractivity contribution in [2.75, 3.05) is 20.7 Å². The summed E-state index contributed by atoms with van der Waals surface area (Å²) in [6, 6.07) is -0.427. The lowest BCUT2D eigenvalue weighted by molar-refractivity contribution is -0.296. The third-order valence-electron chi connectivity index (χ3n) is 9.39. The molecule has 0 aliphatic carbocycles.